The Kier molecular flexibility index (Phi) is 4.77. The van der Waals surface area contributed by atoms with E-state index in [9.17, 15) is 4.79 Å². The maximum Gasteiger partial charge on any atom is 0.221 e. The third kappa shape index (κ3) is 3.11. The summed E-state index contributed by atoms with van der Waals surface area (Å²) in [5.74, 6) is 6.06. The standard InChI is InChI=1S/C29H49NOSi/c1-19(28-13-20-7-21(14-28)9-22(8-20)15-28)30(32(5,6)27(2,3)4)26(31)29-16-23-10-24(17-29)12-25(11-23)18-29/h19-25H,7-18H2,1-6H3. The molecule has 8 bridgehead atoms. The molecule has 0 aromatic carbocycles. The summed E-state index contributed by atoms with van der Waals surface area (Å²) < 4.78 is 2.70. The Morgan fingerprint density at radius 2 is 1.09 bits per heavy atom. The third-order valence-corrected chi connectivity index (χ3v) is 18.0. The Morgan fingerprint density at radius 3 is 1.44 bits per heavy atom. The maximum atomic E-state index is 15.0. The molecule has 0 aromatic heterocycles. The van der Waals surface area contributed by atoms with Crippen LogP contribution < -0.4 is 0 Å². The second kappa shape index (κ2) is 6.88. The van der Waals surface area contributed by atoms with Crippen LogP contribution in [0.3, 0.4) is 0 Å². The predicted octanol–water partition coefficient (Wildman–Crippen LogP) is 7.64. The van der Waals surface area contributed by atoms with Crippen LogP contribution in [0.25, 0.3) is 0 Å². The van der Waals surface area contributed by atoms with Crippen molar-refractivity contribution < 1.29 is 4.79 Å². The van der Waals surface area contributed by atoms with Crippen molar-refractivity contribution in [2.45, 2.75) is 129 Å². The number of hydrogen-bond donors (Lipinski definition) is 0. The van der Waals surface area contributed by atoms with Crippen LogP contribution in [0, 0.1) is 46.3 Å². The van der Waals surface area contributed by atoms with Crippen LogP contribution in [0.4, 0.5) is 0 Å². The van der Waals surface area contributed by atoms with Crippen molar-refractivity contribution in [3.8, 4) is 0 Å². The average molecular weight is 456 g/mol. The number of amides is 1. The summed E-state index contributed by atoms with van der Waals surface area (Å²) in [6, 6.07) is 0.442. The second-order valence-corrected chi connectivity index (χ2v) is 20.7. The molecule has 0 aromatic rings. The molecule has 1 atom stereocenters. The fraction of sp³-hybridized carbons (Fsp3) is 0.966. The van der Waals surface area contributed by atoms with Crippen molar-refractivity contribution in [1.82, 2.24) is 4.57 Å². The molecular formula is C29H49NOSi. The van der Waals surface area contributed by atoms with Gasteiger partial charge in [0.05, 0.1) is 0 Å². The first-order chi connectivity index (χ1) is 14.9. The highest BCUT2D eigenvalue weighted by Crippen LogP contribution is 2.65. The Morgan fingerprint density at radius 1 is 0.750 bits per heavy atom. The summed E-state index contributed by atoms with van der Waals surface area (Å²) in [5.41, 5.74) is 0.420. The van der Waals surface area contributed by atoms with Gasteiger partial charge in [0.25, 0.3) is 0 Å². The summed E-state index contributed by atoms with van der Waals surface area (Å²) in [7, 11) is -1.98. The molecule has 3 heteroatoms. The van der Waals surface area contributed by atoms with Crippen LogP contribution in [0.15, 0.2) is 0 Å². The second-order valence-electron chi connectivity index (χ2n) is 15.6. The summed E-state index contributed by atoms with van der Waals surface area (Å²) in [4.78, 5) is 15.0. The molecule has 32 heavy (non-hydrogen) atoms. The lowest BCUT2D eigenvalue weighted by atomic mass is 9.47. The molecule has 0 N–H and O–H groups in total. The molecule has 0 spiro atoms. The topological polar surface area (TPSA) is 20.3 Å². The first-order valence-corrected chi connectivity index (χ1v) is 17.2. The van der Waals surface area contributed by atoms with Crippen molar-refractivity contribution in [3.63, 3.8) is 0 Å². The molecule has 180 valence electrons. The fourth-order valence-electron chi connectivity index (χ4n) is 10.9. The SMILES string of the molecule is CC(N(C(=O)C12CC3CC(CC(C3)C1)C2)[Si](C)(C)C(C)(C)C)C12CC3CC(CC(C3)C1)C2. The van der Waals surface area contributed by atoms with E-state index in [1.165, 1.54) is 77.0 Å². The van der Waals surface area contributed by atoms with Gasteiger partial charge < -0.3 is 4.57 Å². The van der Waals surface area contributed by atoms with Gasteiger partial charge in [0, 0.05) is 11.5 Å². The highest BCUT2D eigenvalue weighted by Gasteiger charge is 2.62. The Labute approximate surface area is 198 Å². The van der Waals surface area contributed by atoms with Crippen LogP contribution in [-0.2, 0) is 4.79 Å². The minimum Gasteiger partial charge on any atom is -0.366 e. The first-order valence-electron chi connectivity index (χ1n) is 14.2. The normalized spacial score (nSPS) is 47.7. The molecule has 0 aliphatic heterocycles. The lowest BCUT2D eigenvalue weighted by Crippen LogP contribution is -2.69. The maximum absolute atomic E-state index is 15.0. The molecule has 8 aliphatic rings. The number of nitrogens with zero attached hydrogens (tertiary/aromatic N) is 1. The van der Waals surface area contributed by atoms with E-state index in [2.05, 4.69) is 45.4 Å². The molecule has 8 aliphatic carbocycles. The quantitative estimate of drug-likeness (QED) is 0.399. The number of carbonyl (C=O) groups is 1. The average Bonchev–Trinajstić information content (AvgIpc) is 2.64. The zero-order valence-corrected chi connectivity index (χ0v) is 22.9. The highest BCUT2D eigenvalue weighted by atomic mass is 28.3. The van der Waals surface area contributed by atoms with E-state index in [-0.39, 0.29) is 10.5 Å². The van der Waals surface area contributed by atoms with E-state index in [1.54, 1.807) is 0 Å². The molecule has 0 radical (unpaired) electrons. The molecular weight excluding hydrogens is 406 g/mol. The highest BCUT2D eigenvalue weighted by molar-refractivity contribution is 6.79. The van der Waals surface area contributed by atoms with E-state index >= 15 is 0 Å². The largest absolute Gasteiger partial charge is 0.366 e. The minimum absolute atomic E-state index is 0.000818. The minimum atomic E-state index is -1.98. The Balaban J connectivity index is 1.39. The molecule has 0 heterocycles. The first kappa shape index (κ1) is 22.2. The van der Waals surface area contributed by atoms with Crippen LogP contribution in [0.1, 0.15) is 105 Å². The lowest BCUT2D eigenvalue weighted by Gasteiger charge is -2.65. The van der Waals surface area contributed by atoms with Crippen molar-refractivity contribution in [1.29, 1.82) is 0 Å². The van der Waals surface area contributed by atoms with Gasteiger partial charge in [-0.25, -0.2) is 0 Å². The van der Waals surface area contributed by atoms with Crippen LogP contribution >= 0.6 is 0 Å². The van der Waals surface area contributed by atoms with E-state index in [1.807, 2.05) is 0 Å². The van der Waals surface area contributed by atoms with Crippen molar-refractivity contribution in [2.24, 2.45) is 46.3 Å². The predicted molar refractivity (Wildman–Crippen MR) is 135 cm³/mol. The van der Waals surface area contributed by atoms with Gasteiger partial charge in [-0.15, -0.1) is 0 Å². The smallest absolute Gasteiger partial charge is 0.221 e. The van der Waals surface area contributed by atoms with E-state index in [0.29, 0.717) is 17.4 Å². The third-order valence-electron chi connectivity index (χ3n) is 12.5. The summed E-state index contributed by atoms with van der Waals surface area (Å²) in [6.45, 7) is 14.9. The summed E-state index contributed by atoms with van der Waals surface area (Å²) in [5, 5.41) is 0.210. The molecule has 2 nitrogen and oxygen atoms in total. The Bertz CT molecular complexity index is 721. The van der Waals surface area contributed by atoms with Crippen molar-refractivity contribution >= 4 is 14.1 Å². The van der Waals surface area contributed by atoms with Crippen LogP contribution in [0.2, 0.25) is 18.1 Å². The van der Waals surface area contributed by atoms with Crippen LogP contribution in [-0.4, -0.2) is 24.7 Å². The summed E-state index contributed by atoms with van der Waals surface area (Å²) >= 11 is 0. The van der Waals surface area contributed by atoms with Crippen molar-refractivity contribution in [3.05, 3.63) is 0 Å². The zero-order valence-electron chi connectivity index (χ0n) is 21.9. The molecule has 0 saturated heterocycles. The van der Waals surface area contributed by atoms with E-state index in [4.69, 9.17) is 0 Å². The van der Waals surface area contributed by atoms with Gasteiger partial charge in [0.1, 0.15) is 0 Å². The van der Waals surface area contributed by atoms with E-state index in [0.717, 1.165) is 35.5 Å². The molecule has 8 fully saturated rings. The molecule has 1 unspecified atom stereocenters. The number of rotatable bonds is 4. The Hall–Kier alpha value is -0.313. The van der Waals surface area contributed by atoms with Crippen molar-refractivity contribution in [2.75, 3.05) is 0 Å². The van der Waals surface area contributed by atoms with Crippen LogP contribution in [0.5, 0.6) is 0 Å². The monoisotopic (exact) mass is 455 g/mol. The molecule has 8 saturated carbocycles. The number of hydrogen-bond acceptors (Lipinski definition) is 1. The van der Waals surface area contributed by atoms with Gasteiger partial charge in [-0.05, 0) is 130 Å². The number of carbonyl (C=O) groups excluding carboxylic acids is 1. The molecule has 1 amide bonds. The van der Waals surface area contributed by atoms with Gasteiger partial charge >= 0.3 is 0 Å². The van der Waals surface area contributed by atoms with Gasteiger partial charge in [-0.3, -0.25) is 4.79 Å². The molecule has 8 rings (SSSR count). The van der Waals surface area contributed by atoms with E-state index < -0.39 is 8.24 Å². The lowest BCUT2D eigenvalue weighted by molar-refractivity contribution is -0.161. The fourth-order valence-corrected chi connectivity index (χ4v) is 13.6. The van der Waals surface area contributed by atoms with Gasteiger partial charge in [0.2, 0.25) is 5.91 Å². The zero-order chi connectivity index (χ0) is 22.7. The summed E-state index contributed by atoms with van der Waals surface area (Å²) in [6.07, 6.45) is 16.7. The van der Waals surface area contributed by atoms with Gasteiger partial charge in [0.15, 0.2) is 8.24 Å². The van der Waals surface area contributed by atoms with Gasteiger partial charge in [-0.1, -0.05) is 33.9 Å². The van der Waals surface area contributed by atoms with Gasteiger partial charge in [-0.2, -0.15) is 0 Å².